The standard InChI is InChI=1S/C8H17N2O5.3C6H5.Sn/c9-5-7(14)6(13)4(3-12)15-8(5)10-1-2-11;3*1-2-4-6-5-3-1;/h4-8,10,12-14H,1-3,9H2;3*1-5H;/q-1;;;;+1/t4-,5-,6-,7-,8?;;;;/m1..../s1. The van der Waals surface area contributed by atoms with E-state index in [1.54, 1.807) is 0 Å². The molecule has 0 spiro atoms. The first-order chi connectivity index (χ1) is 16.6. The molecule has 3 aromatic carbocycles. The second-order valence-electron chi connectivity index (χ2n) is 8.42. The van der Waals surface area contributed by atoms with Crippen molar-refractivity contribution >= 4 is 29.5 Å². The topological polar surface area (TPSA) is 117 Å². The van der Waals surface area contributed by atoms with Gasteiger partial charge in [0.2, 0.25) is 0 Å². The summed E-state index contributed by atoms with van der Waals surface area (Å²) in [4.78, 5) is 0. The van der Waals surface area contributed by atoms with Gasteiger partial charge in [0.25, 0.3) is 0 Å². The van der Waals surface area contributed by atoms with Crippen molar-refractivity contribution in [3.63, 3.8) is 0 Å². The summed E-state index contributed by atoms with van der Waals surface area (Å²) in [5.74, 6) is 0. The van der Waals surface area contributed by atoms with Crippen molar-refractivity contribution in [2.45, 2.75) is 30.6 Å². The van der Waals surface area contributed by atoms with Crippen LogP contribution in [0, 0.1) is 0 Å². The van der Waals surface area contributed by atoms with Crippen molar-refractivity contribution in [3.8, 4) is 0 Å². The first-order valence-electron chi connectivity index (χ1n) is 11.5. The van der Waals surface area contributed by atoms with E-state index >= 15 is 0 Å². The van der Waals surface area contributed by atoms with Gasteiger partial charge in [0.1, 0.15) is 0 Å². The summed E-state index contributed by atoms with van der Waals surface area (Å²) in [5.41, 5.74) is 6.06. The van der Waals surface area contributed by atoms with Gasteiger partial charge in [-0.15, -0.1) is 0 Å². The van der Waals surface area contributed by atoms with Gasteiger partial charge in [-0.1, -0.05) is 0 Å². The molecule has 0 bridgehead atoms. The number of hydrogen-bond acceptors (Lipinski definition) is 7. The molecule has 180 valence electrons. The molecule has 1 heterocycles. The first-order valence-corrected chi connectivity index (χ1v) is 16.9. The maximum absolute atomic E-state index is 10.2. The van der Waals surface area contributed by atoms with E-state index in [2.05, 4.69) is 41.7 Å². The third-order valence-electron chi connectivity index (χ3n) is 6.28. The van der Waals surface area contributed by atoms with Crippen LogP contribution < -0.4 is 21.8 Å². The molecule has 34 heavy (non-hydrogen) atoms. The molecule has 4 rings (SSSR count). The van der Waals surface area contributed by atoms with Crippen LogP contribution in [0.2, 0.25) is 0 Å². The second kappa shape index (κ2) is 11.7. The molecule has 0 amide bonds. The van der Waals surface area contributed by atoms with Crippen molar-refractivity contribution in [2.75, 3.05) is 19.8 Å². The summed E-state index contributed by atoms with van der Waals surface area (Å²) in [5, 5.41) is 32.9. The SMILES string of the molecule is N[C@H]1C(NCC[O][Sn]([c]2ccccc2)([c]2ccccc2)[c]2ccccc2)O[C@H](CO)[C@@H](O)[C@@H]1O. The van der Waals surface area contributed by atoms with Crippen LogP contribution in [0.15, 0.2) is 91.0 Å². The second-order valence-corrected chi connectivity index (χ2v) is 18.1. The number of ether oxygens (including phenoxy) is 1. The number of aliphatic hydroxyl groups excluding tert-OH is 3. The summed E-state index contributed by atoms with van der Waals surface area (Å²) in [6.07, 6.45) is -4.04. The molecule has 6 N–H and O–H groups in total. The minimum absolute atomic E-state index is 0.393. The molecule has 0 saturated carbocycles. The molecule has 0 radical (unpaired) electrons. The van der Waals surface area contributed by atoms with E-state index in [0.717, 1.165) is 0 Å². The number of nitrogens with one attached hydrogen (secondary N) is 1. The van der Waals surface area contributed by atoms with Gasteiger partial charge in [0.05, 0.1) is 0 Å². The third kappa shape index (κ3) is 5.22. The van der Waals surface area contributed by atoms with Crippen molar-refractivity contribution in [2.24, 2.45) is 5.73 Å². The average Bonchev–Trinajstić information content (AvgIpc) is 2.90. The zero-order chi connectivity index (χ0) is 24.0. The van der Waals surface area contributed by atoms with Gasteiger partial charge >= 0.3 is 205 Å². The third-order valence-corrected chi connectivity index (χ3v) is 17.9. The monoisotopic (exact) mass is 572 g/mol. The normalized spacial score (nSPS) is 25.2. The van der Waals surface area contributed by atoms with Gasteiger partial charge in [-0.2, -0.15) is 0 Å². The van der Waals surface area contributed by atoms with Crippen LogP contribution in [-0.4, -0.2) is 84.5 Å². The Kier molecular flexibility index (Phi) is 8.73. The average molecular weight is 571 g/mol. The summed E-state index contributed by atoms with van der Waals surface area (Å²) < 4.78 is 16.2. The summed E-state index contributed by atoms with van der Waals surface area (Å²) in [7, 11) is 0. The van der Waals surface area contributed by atoms with Crippen LogP contribution in [0.4, 0.5) is 0 Å². The van der Waals surface area contributed by atoms with E-state index in [0.29, 0.717) is 13.2 Å². The van der Waals surface area contributed by atoms with Crippen molar-refractivity contribution in [1.82, 2.24) is 5.32 Å². The molecule has 0 aromatic heterocycles. The van der Waals surface area contributed by atoms with Crippen LogP contribution in [-0.2, 0) is 7.81 Å². The number of aliphatic hydroxyl groups is 3. The zero-order valence-corrected chi connectivity index (χ0v) is 21.8. The Morgan fingerprint density at radius 1 is 0.794 bits per heavy atom. The fourth-order valence-electron chi connectivity index (χ4n) is 4.50. The fraction of sp³-hybridized carbons (Fsp3) is 0.308. The Morgan fingerprint density at radius 2 is 1.26 bits per heavy atom. The molecular formula is C26H32N2O5Sn. The number of rotatable bonds is 9. The molecule has 7 nitrogen and oxygen atoms in total. The quantitative estimate of drug-likeness (QED) is 0.166. The van der Waals surface area contributed by atoms with Gasteiger partial charge in [-0.25, -0.2) is 0 Å². The fourth-order valence-corrected chi connectivity index (χ4v) is 15.6. The molecular weight excluding hydrogens is 539 g/mol. The molecule has 1 aliphatic rings. The molecule has 1 aliphatic heterocycles. The minimum atomic E-state index is -3.82. The molecule has 1 fully saturated rings. The van der Waals surface area contributed by atoms with Gasteiger partial charge < -0.3 is 0 Å². The molecule has 1 saturated heterocycles. The molecule has 3 aromatic rings. The van der Waals surface area contributed by atoms with Crippen LogP contribution in [0.3, 0.4) is 0 Å². The van der Waals surface area contributed by atoms with E-state index in [9.17, 15) is 15.3 Å². The van der Waals surface area contributed by atoms with Crippen molar-refractivity contribution < 1.29 is 23.1 Å². The molecule has 8 heteroatoms. The zero-order valence-electron chi connectivity index (χ0n) is 18.9. The van der Waals surface area contributed by atoms with Crippen molar-refractivity contribution in [1.29, 1.82) is 0 Å². The van der Waals surface area contributed by atoms with E-state index in [-0.39, 0.29) is 0 Å². The van der Waals surface area contributed by atoms with E-state index in [1.165, 1.54) is 10.7 Å². The Hall–Kier alpha value is -1.82. The summed E-state index contributed by atoms with van der Waals surface area (Å²) >= 11 is -3.82. The van der Waals surface area contributed by atoms with Crippen LogP contribution >= 0.6 is 0 Å². The molecule has 1 unspecified atom stereocenters. The van der Waals surface area contributed by atoms with Gasteiger partial charge in [0.15, 0.2) is 0 Å². The van der Waals surface area contributed by atoms with Gasteiger partial charge in [-0.3, -0.25) is 0 Å². The summed E-state index contributed by atoms with van der Waals surface area (Å²) in [6.45, 7) is 0.406. The predicted octanol–water partition coefficient (Wildman–Crippen LogP) is -0.974. The number of nitrogens with two attached hydrogens (primary N) is 1. The molecule has 5 atom stereocenters. The van der Waals surface area contributed by atoms with E-state index in [4.69, 9.17) is 13.5 Å². The van der Waals surface area contributed by atoms with Crippen LogP contribution in [0.25, 0.3) is 0 Å². The number of benzene rings is 3. The Bertz CT molecular complexity index is 913. The Morgan fingerprint density at radius 3 is 1.71 bits per heavy atom. The van der Waals surface area contributed by atoms with E-state index in [1.807, 2.05) is 54.6 Å². The number of hydrogen-bond donors (Lipinski definition) is 5. The predicted molar refractivity (Wildman–Crippen MR) is 134 cm³/mol. The first kappa shape index (κ1) is 25.3. The van der Waals surface area contributed by atoms with Gasteiger partial charge in [0, 0.05) is 0 Å². The van der Waals surface area contributed by atoms with Crippen molar-refractivity contribution in [3.05, 3.63) is 91.0 Å². The molecule has 0 aliphatic carbocycles. The maximum atomic E-state index is 10.2. The van der Waals surface area contributed by atoms with Gasteiger partial charge in [-0.05, 0) is 0 Å². The van der Waals surface area contributed by atoms with E-state index < -0.39 is 56.0 Å². The Labute approximate surface area is 204 Å². The van der Waals surface area contributed by atoms with Crippen LogP contribution in [0.1, 0.15) is 0 Å². The Balaban J connectivity index is 1.58. The van der Waals surface area contributed by atoms with Crippen LogP contribution in [0.5, 0.6) is 0 Å². The summed E-state index contributed by atoms with van der Waals surface area (Å²) in [6, 6.07) is 30.4.